The zero-order valence-corrected chi connectivity index (χ0v) is 13.9. The van der Waals surface area contributed by atoms with Crippen molar-refractivity contribution in [2.75, 3.05) is 12.3 Å². The first-order chi connectivity index (χ1) is 11.2. The smallest absolute Gasteiger partial charge is 0.138 e. The summed E-state index contributed by atoms with van der Waals surface area (Å²) in [4.78, 5) is 0. The van der Waals surface area contributed by atoms with Gasteiger partial charge in [0.1, 0.15) is 11.5 Å². The van der Waals surface area contributed by atoms with Crippen molar-refractivity contribution in [1.82, 2.24) is 0 Å². The van der Waals surface area contributed by atoms with Crippen molar-refractivity contribution in [2.45, 2.75) is 45.4 Å². The Morgan fingerprint density at radius 2 is 2.04 bits per heavy atom. The zero-order chi connectivity index (χ0) is 16.4. The Bertz CT molecular complexity index is 709. The minimum absolute atomic E-state index is 0.182. The number of hydrogen-bond acceptors (Lipinski definition) is 3. The fourth-order valence-electron chi connectivity index (χ4n) is 3.60. The van der Waals surface area contributed by atoms with E-state index < -0.39 is 0 Å². The van der Waals surface area contributed by atoms with Crippen LogP contribution in [0.1, 0.15) is 54.9 Å². The molecule has 2 aromatic rings. The molecule has 0 bridgehead atoms. The summed E-state index contributed by atoms with van der Waals surface area (Å²) in [6.07, 6.45) is 3.94. The lowest BCUT2D eigenvalue weighted by atomic mass is 9.83. The number of benzene rings is 2. The van der Waals surface area contributed by atoms with Crippen LogP contribution in [0.5, 0.6) is 11.5 Å². The summed E-state index contributed by atoms with van der Waals surface area (Å²) >= 11 is 0. The Labute approximate surface area is 138 Å². The van der Waals surface area contributed by atoms with E-state index in [1.807, 2.05) is 12.1 Å². The summed E-state index contributed by atoms with van der Waals surface area (Å²) in [5.74, 6) is 1.47. The van der Waals surface area contributed by atoms with Crippen LogP contribution in [0.25, 0.3) is 0 Å². The second kappa shape index (κ2) is 6.53. The molecule has 122 valence electrons. The minimum Gasteiger partial charge on any atom is -0.506 e. The number of nitrogens with two attached hydrogens (primary N) is 1. The molecule has 1 aliphatic heterocycles. The maximum atomic E-state index is 9.98. The van der Waals surface area contributed by atoms with Crippen LogP contribution in [-0.4, -0.2) is 11.7 Å². The van der Waals surface area contributed by atoms with E-state index in [-0.39, 0.29) is 11.7 Å². The number of nitrogen functional groups attached to an aromatic ring is 1. The van der Waals surface area contributed by atoms with Gasteiger partial charge in [0.25, 0.3) is 0 Å². The molecule has 0 radical (unpaired) electrons. The van der Waals surface area contributed by atoms with Crippen molar-refractivity contribution in [3.63, 3.8) is 0 Å². The molecule has 0 saturated heterocycles. The van der Waals surface area contributed by atoms with Crippen LogP contribution in [0, 0.1) is 0 Å². The third-order valence-corrected chi connectivity index (χ3v) is 4.71. The maximum absolute atomic E-state index is 9.98. The third-order valence-electron chi connectivity index (χ3n) is 4.71. The van der Waals surface area contributed by atoms with Crippen molar-refractivity contribution >= 4 is 5.69 Å². The van der Waals surface area contributed by atoms with E-state index in [0.29, 0.717) is 5.69 Å². The van der Waals surface area contributed by atoms with Gasteiger partial charge in [0, 0.05) is 17.9 Å². The summed E-state index contributed by atoms with van der Waals surface area (Å²) in [5, 5.41) is 9.98. The second-order valence-corrected chi connectivity index (χ2v) is 6.25. The third kappa shape index (κ3) is 2.88. The summed E-state index contributed by atoms with van der Waals surface area (Å²) in [6.45, 7) is 5.11. The topological polar surface area (TPSA) is 55.5 Å². The molecule has 3 rings (SSSR count). The van der Waals surface area contributed by atoms with Crippen molar-refractivity contribution in [3.05, 3.63) is 52.6 Å². The first-order valence-electron chi connectivity index (χ1n) is 8.51. The van der Waals surface area contributed by atoms with Gasteiger partial charge in [-0.05, 0) is 41.7 Å². The van der Waals surface area contributed by atoms with Crippen molar-refractivity contribution in [1.29, 1.82) is 0 Å². The quantitative estimate of drug-likeness (QED) is 0.635. The van der Waals surface area contributed by atoms with E-state index in [4.69, 9.17) is 10.5 Å². The van der Waals surface area contributed by atoms with Gasteiger partial charge in [0.05, 0.1) is 12.3 Å². The van der Waals surface area contributed by atoms with Gasteiger partial charge >= 0.3 is 0 Å². The molecule has 0 amide bonds. The lowest BCUT2D eigenvalue weighted by molar-refractivity contribution is 0.352. The molecule has 2 aromatic carbocycles. The number of hydrogen-bond donors (Lipinski definition) is 2. The Kier molecular flexibility index (Phi) is 4.46. The molecule has 0 aliphatic carbocycles. The summed E-state index contributed by atoms with van der Waals surface area (Å²) < 4.78 is 5.91. The molecule has 1 unspecified atom stereocenters. The predicted molar refractivity (Wildman–Crippen MR) is 94.3 cm³/mol. The highest BCUT2D eigenvalue weighted by Gasteiger charge is 2.24. The monoisotopic (exact) mass is 311 g/mol. The van der Waals surface area contributed by atoms with E-state index in [1.165, 1.54) is 22.3 Å². The van der Waals surface area contributed by atoms with E-state index >= 15 is 0 Å². The molecule has 3 heteroatoms. The number of phenols is 1. The van der Waals surface area contributed by atoms with Crippen LogP contribution in [0.3, 0.4) is 0 Å². The first-order valence-corrected chi connectivity index (χ1v) is 8.51. The molecule has 3 N–H and O–H groups in total. The number of phenolic OH excluding ortho intramolecular Hbond substituents is 1. The molecular formula is C20H25NO2. The van der Waals surface area contributed by atoms with Crippen LogP contribution in [0.15, 0.2) is 30.3 Å². The van der Waals surface area contributed by atoms with E-state index in [9.17, 15) is 5.11 Å². The van der Waals surface area contributed by atoms with Gasteiger partial charge in [0.15, 0.2) is 0 Å². The van der Waals surface area contributed by atoms with E-state index in [0.717, 1.165) is 38.0 Å². The summed E-state index contributed by atoms with van der Waals surface area (Å²) in [7, 11) is 0. The van der Waals surface area contributed by atoms with Gasteiger partial charge in [0.2, 0.25) is 0 Å². The number of ether oxygens (including phenoxy) is 1. The van der Waals surface area contributed by atoms with Crippen molar-refractivity contribution in [3.8, 4) is 11.5 Å². The molecule has 0 aromatic heterocycles. The highest BCUT2D eigenvalue weighted by molar-refractivity contribution is 5.59. The number of para-hydroxylation sites is 1. The van der Waals surface area contributed by atoms with E-state index in [1.54, 1.807) is 0 Å². The Morgan fingerprint density at radius 1 is 1.22 bits per heavy atom. The van der Waals surface area contributed by atoms with Crippen molar-refractivity contribution in [2.24, 2.45) is 0 Å². The fourth-order valence-corrected chi connectivity index (χ4v) is 3.60. The first kappa shape index (κ1) is 15.7. The van der Waals surface area contributed by atoms with Gasteiger partial charge in [-0.1, -0.05) is 38.5 Å². The second-order valence-electron chi connectivity index (χ2n) is 6.25. The molecular weight excluding hydrogens is 286 g/mol. The predicted octanol–water partition coefficient (Wildman–Crippen LogP) is 4.40. The molecule has 1 heterocycles. The maximum Gasteiger partial charge on any atom is 0.138 e. The lowest BCUT2D eigenvalue weighted by Gasteiger charge is -2.22. The van der Waals surface area contributed by atoms with Crippen LogP contribution < -0.4 is 10.5 Å². The Hall–Kier alpha value is -2.16. The number of aryl methyl sites for hydroxylation is 1. The normalized spacial score (nSPS) is 14.3. The molecule has 1 atom stereocenters. The van der Waals surface area contributed by atoms with Gasteiger partial charge in [-0.2, -0.15) is 0 Å². The Balaban J connectivity index is 2.12. The van der Waals surface area contributed by atoms with Crippen molar-refractivity contribution < 1.29 is 9.84 Å². The number of fused-ring (bicyclic) bond motifs is 1. The standard InChI is InChI=1S/C20H25NO2/c1-3-6-14-11-19(22)18(21)12-17(14)15(4-2)16-8-5-7-13-9-10-23-20(13)16/h5,7-8,11-12,15,22H,3-4,6,9-10,21H2,1-2H3. The summed E-state index contributed by atoms with van der Waals surface area (Å²) in [5.41, 5.74) is 11.4. The molecule has 1 aliphatic rings. The number of aromatic hydroxyl groups is 1. The lowest BCUT2D eigenvalue weighted by Crippen LogP contribution is -2.07. The highest BCUT2D eigenvalue weighted by atomic mass is 16.5. The zero-order valence-electron chi connectivity index (χ0n) is 13.9. The van der Waals surface area contributed by atoms with Crippen LogP contribution in [-0.2, 0) is 12.8 Å². The molecule has 23 heavy (non-hydrogen) atoms. The van der Waals surface area contributed by atoms with Gasteiger partial charge in [-0.25, -0.2) is 0 Å². The molecule has 0 spiro atoms. The van der Waals surface area contributed by atoms with Gasteiger partial charge < -0.3 is 15.6 Å². The highest BCUT2D eigenvalue weighted by Crippen LogP contribution is 2.41. The molecule has 3 nitrogen and oxygen atoms in total. The average Bonchev–Trinajstić information content (AvgIpc) is 3.02. The van der Waals surface area contributed by atoms with Crippen LogP contribution in [0.4, 0.5) is 5.69 Å². The largest absolute Gasteiger partial charge is 0.506 e. The number of anilines is 1. The fraction of sp³-hybridized carbons (Fsp3) is 0.400. The van der Waals surface area contributed by atoms with Gasteiger partial charge in [-0.3, -0.25) is 0 Å². The van der Waals surface area contributed by atoms with Crippen LogP contribution in [0.2, 0.25) is 0 Å². The molecule has 0 saturated carbocycles. The summed E-state index contributed by atoms with van der Waals surface area (Å²) in [6, 6.07) is 10.2. The SMILES string of the molecule is CCCc1cc(O)c(N)cc1C(CC)c1cccc2c1OCC2. The van der Waals surface area contributed by atoms with E-state index in [2.05, 4.69) is 32.0 Å². The average molecular weight is 311 g/mol. The minimum atomic E-state index is 0.182. The van der Waals surface area contributed by atoms with Crippen LogP contribution >= 0.6 is 0 Å². The number of rotatable bonds is 5. The molecule has 0 fully saturated rings. The Morgan fingerprint density at radius 3 is 2.78 bits per heavy atom. The van der Waals surface area contributed by atoms with Gasteiger partial charge in [-0.15, -0.1) is 0 Å².